The number of nitrogens with one attached hydrogen (secondary N) is 1. The zero-order chi connectivity index (χ0) is 13.2. The second kappa shape index (κ2) is 5.21. The van der Waals surface area contributed by atoms with E-state index in [1.807, 2.05) is 29.2 Å². The minimum Gasteiger partial charge on any atom is -0.497 e. The molecule has 0 spiro atoms. The molecule has 4 nitrogen and oxygen atoms in total. The van der Waals surface area contributed by atoms with Crippen molar-refractivity contribution in [3.63, 3.8) is 0 Å². The molecular formula is C15H20N2O2. The van der Waals surface area contributed by atoms with Crippen molar-refractivity contribution in [3.05, 3.63) is 24.3 Å². The third-order valence-electron chi connectivity index (χ3n) is 3.82. The first-order chi connectivity index (χ1) is 9.28. The van der Waals surface area contributed by atoms with E-state index in [-0.39, 0.29) is 11.9 Å². The predicted octanol–water partition coefficient (Wildman–Crippen LogP) is 1.94. The second-order valence-electron chi connectivity index (χ2n) is 5.33. The molecule has 0 radical (unpaired) electrons. The summed E-state index contributed by atoms with van der Waals surface area (Å²) in [4.78, 5) is 14.4. The highest BCUT2D eigenvalue weighted by Gasteiger charge is 2.33. The summed E-state index contributed by atoms with van der Waals surface area (Å²) in [6, 6.07) is 8.29. The molecule has 1 aliphatic carbocycles. The average molecular weight is 260 g/mol. The van der Waals surface area contributed by atoms with E-state index >= 15 is 0 Å². The van der Waals surface area contributed by atoms with Crippen LogP contribution in [0.1, 0.15) is 25.7 Å². The van der Waals surface area contributed by atoms with Gasteiger partial charge in [0.2, 0.25) is 5.91 Å². The minimum absolute atomic E-state index is 0.00699. The van der Waals surface area contributed by atoms with Gasteiger partial charge in [0.25, 0.3) is 0 Å². The van der Waals surface area contributed by atoms with E-state index in [1.54, 1.807) is 7.11 Å². The van der Waals surface area contributed by atoms with Crippen LogP contribution in [-0.2, 0) is 4.79 Å². The van der Waals surface area contributed by atoms with Crippen LogP contribution in [0.15, 0.2) is 24.3 Å². The third-order valence-corrected chi connectivity index (χ3v) is 3.82. The Balaban J connectivity index is 1.76. The minimum atomic E-state index is -0.00699. The zero-order valence-corrected chi connectivity index (χ0v) is 11.3. The lowest BCUT2D eigenvalue weighted by atomic mass is 10.0. The smallest absolute Gasteiger partial charge is 0.244 e. The van der Waals surface area contributed by atoms with Crippen molar-refractivity contribution < 1.29 is 9.53 Å². The van der Waals surface area contributed by atoms with Gasteiger partial charge >= 0.3 is 0 Å². The Hall–Kier alpha value is -1.55. The summed E-state index contributed by atoms with van der Waals surface area (Å²) < 4.78 is 5.23. The number of benzene rings is 1. The molecule has 1 aliphatic heterocycles. The number of hydrogen-bond donors (Lipinski definition) is 1. The van der Waals surface area contributed by atoms with Crippen molar-refractivity contribution in [3.8, 4) is 5.75 Å². The Labute approximate surface area is 113 Å². The van der Waals surface area contributed by atoms with Crippen LogP contribution in [0.4, 0.5) is 5.69 Å². The van der Waals surface area contributed by atoms with Gasteiger partial charge in [-0.15, -0.1) is 0 Å². The number of carbonyl (C=O) groups excluding carboxylic acids is 1. The van der Waals surface area contributed by atoms with Crippen molar-refractivity contribution in [1.29, 1.82) is 0 Å². The number of anilines is 1. The van der Waals surface area contributed by atoms with Crippen LogP contribution in [-0.4, -0.2) is 31.6 Å². The van der Waals surface area contributed by atoms with E-state index in [2.05, 4.69) is 5.32 Å². The lowest BCUT2D eigenvalue weighted by Crippen LogP contribution is -2.51. The first-order valence-electron chi connectivity index (χ1n) is 6.99. The maximum Gasteiger partial charge on any atom is 0.244 e. The molecule has 0 aromatic heterocycles. The summed E-state index contributed by atoms with van der Waals surface area (Å²) in [5, 5.41) is 3.45. The molecule has 0 bridgehead atoms. The Kier molecular flexibility index (Phi) is 3.42. The van der Waals surface area contributed by atoms with Gasteiger partial charge in [-0.25, -0.2) is 0 Å². The second-order valence-corrected chi connectivity index (χ2v) is 5.33. The molecule has 3 rings (SSSR count). The number of hydrogen-bond acceptors (Lipinski definition) is 3. The van der Waals surface area contributed by atoms with Gasteiger partial charge in [-0.3, -0.25) is 4.79 Å². The molecule has 1 saturated heterocycles. The summed E-state index contributed by atoms with van der Waals surface area (Å²) >= 11 is 0. The maximum atomic E-state index is 12.5. The number of carbonyl (C=O) groups is 1. The number of ether oxygens (including phenoxy) is 1. The van der Waals surface area contributed by atoms with Crippen molar-refractivity contribution in [2.24, 2.45) is 0 Å². The topological polar surface area (TPSA) is 41.6 Å². The Bertz CT molecular complexity index is 471. The number of nitrogens with zero attached hydrogens (tertiary/aromatic N) is 1. The number of rotatable bonds is 4. The normalized spacial score (nSPS) is 23.5. The Morgan fingerprint density at radius 3 is 2.89 bits per heavy atom. The van der Waals surface area contributed by atoms with Crippen LogP contribution in [0, 0.1) is 0 Å². The van der Waals surface area contributed by atoms with Gasteiger partial charge in [-0.2, -0.15) is 0 Å². The molecular weight excluding hydrogens is 240 g/mol. The van der Waals surface area contributed by atoms with E-state index in [4.69, 9.17) is 4.74 Å². The molecule has 4 heteroatoms. The quantitative estimate of drug-likeness (QED) is 0.899. The highest BCUT2D eigenvalue weighted by Crippen LogP contribution is 2.27. The number of piperidine rings is 1. The predicted molar refractivity (Wildman–Crippen MR) is 74.5 cm³/mol. The first-order valence-corrected chi connectivity index (χ1v) is 6.99. The lowest BCUT2D eigenvalue weighted by Gasteiger charge is -2.33. The van der Waals surface area contributed by atoms with Gasteiger partial charge in [-0.1, -0.05) is 6.07 Å². The molecule has 1 saturated carbocycles. The maximum absolute atomic E-state index is 12.5. The molecule has 1 unspecified atom stereocenters. The summed E-state index contributed by atoms with van der Waals surface area (Å²) in [6.45, 7) is 0.800. The van der Waals surface area contributed by atoms with Gasteiger partial charge in [0, 0.05) is 24.3 Å². The van der Waals surface area contributed by atoms with Crippen LogP contribution in [0.2, 0.25) is 0 Å². The van der Waals surface area contributed by atoms with E-state index in [0.717, 1.165) is 30.8 Å². The monoisotopic (exact) mass is 260 g/mol. The summed E-state index contributed by atoms with van der Waals surface area (Å²) in [7, 11) is 1.65. The van der Waals surface area contributed by atoms with E-state index in [0.29, 0.717) is 6.04 Å². The lowest BCUT2D eigenvalue weighted by molar-refractivity contribution is -0.121. The standard InChI is InChI=1S/C15H20N2O2/c1-19-13-5-2-4-12(10-13)17-9-3-6-14(15(17)18)16-11-7-8-11/h2,4-5,10-11,14,16H,3,6-9H2,1H3. The van der Waals surface area contributed by atoms with Crippen LogP contribution < -0.4 is 15.0 Å². The van der Waals surface area contributed by atoms with Gasteiger partial charge in [0.15, 0.2) is 0 Å². The third kappa shape index (κ3) is 2.73. The molecule has 1 aromatic carbocycles. The molecule has 1 aromatic rings. The fourth-order valence-electron chi connectivity index (χ4n) is 2.60. The van der Waals surface area contributed by atoms with E-state index in [1.165, 1.54) is 12.8 Å². The molecule has 1 amide bonds. The SMILES string of the molecule is COc1cccc(N2CCCC(NC3CC3)C2=O)c1. The molecule has 2 aliphatic rings. The molecule has 2 fully saturated rings. The zero-order valence-electron chi connectivity index (χ0n) is 11.3. The van der Waals surface area contributed by atoms with Gasteiger partial charge in [-0.05, 0) is 37.8 Å². The van der Waals surface area contributed by atoms with Crippen LogP contribution in [0.3, 0.4) is 0 Å². The highest BCUT2D eigenvalue weighted by molar-refractivity contribution is 5.98. The van der Waals surface area contributed by atoms with Crippen LogP contribution in [0.25, 0.3) is 0 Å². The van der Waals surface area contributed by atoms with Crippen molar-refractivity contribution >= 4 is 11.6 Å². The summed E-state index contributed by atoms with van der Waals surface area (Å²) in [6.07, 6.45) is 4.43. The fraction of sp³-hybridized carbons (Fsp3) is 0.533. The highest BCUT2D eigenvalue weighted by atomic mass is 16.5. The molecule has 1 N–H and O–H groups in total. The van der Waals surface area contributed by atoms with Gasteiger partial charge in [0.05, 0.1) is 13.2 Å². The molecule has 1 atom stereocenters. The molecule has 19 heavy (non-hydrogen) atoms. The largest absolute Gasteiger partial charge is 0.497 e. The Morgan fingerprint density at radius 1 is 1.32 bits per heavy atom. The summed E-state index contributed by atoms with van der Waals surface area (Å²) in [5.74, 6) is 0.994. The number of amides is 1. The average Bonchev–Trinajstić information content (AvgIpc) is 3.25. The van der Waals surface area contributed by atoms with Crippen LogP contribution in [0.5, 0.6) is 5.75 Å². The van der Waals surface area contributed by atoms with E-state index in [9.17, 15) is 4.79 Å². The van der Waals surface area contributed by atoms with E-state index < -0.39 is 0 Å². The summed E-state index contributed by atoms with van der Waals surface area (Å²) in [5.41, 5.74) is 0.937. The number of methoxy groups -OCH3 is 1. The van der Waals surface area contributed by atoms with Crippen molar-refractivity contribution in [1.82, 2.24) is 5.32 Å². The molecule has 1 heterocycles. The Morgan fingerprint density at radius 2 is 2.16 bits per heavy atom. The molecule has 102 valence electrons. The van der Waals surface area contributed by atoms with Crippen molar-refractivity contribution in [2.75, 3.05) is 18.6 Å². The fourth-order valence-corrected chi connectivity index (χ4v) is 2.60. The first kappa shape index (κ1) is 12.5. The van der Waals surface area contributed by atoms with Crippen molar-refractivity contribution in [2.45, 2.75) is 37.8 Å². The van der Waals surface area contributed by atoms with Crippen LogP contribution >= 0.6 is 0 Å². The van der Waals surface area contributed by atoms with Gasteiger partial charge in [0.1, 0.15) is 5.75 Å². The van der Waals surface area contributed by atoms with Gasteiger partial charge < -0.3 is 15.0 Å².